The number of aromatic carboxylic acids is 1. The highest BCUT2D eigenvalue weighted by atomic mass is 16.5. The predicted octanol–water partition coefficient (Wildman–Crippen LogP) is 3.20. The Morgan fingerprint density at radius 3 is 2.05 bits per heavy atom. The number of hydrogen-bond donors (Lipinski definition) is 1. The highest BCUT2D eigenvalue weighted by Crippen LogP contribution is 2.48. The van der Waals surface area contributed by atoms with Crippen LogP contribution in [0.4, 0.5) is 0 Å². The van der Waals surface area contributed by atoms with Crippen LogP contribution in [-0.2, 0) is 0 Å². The van der Waals surface area contributed by atoms with E-state index in [1.54, 1.807) is 24.3 Å². The van der Waals surface area contributed by atoms with Crippen LogP contribution in [0.5, 0.6) is 28.7 Å². The molecule has 6 heteroatoms. The fourth-order valence-corrected chi connectivity index (χ4v) is 2.00. The Bertz CT molecular complexity index is 666. The van der Waals surface area contributed by atoms with Crippen molar-refractivity contribution in [2.24, 2.45) is 0 Å². The number of carboxylic acids is 1. The molecule has 0 aliphatic heterocycles. The third kappa shape index (κ3) is 2.90. The Hall–Kier alpha value is -2.89. The summed E-state index contributed by atoms with van der Waals surface area (Å²) in [5.41, 5.74) is -0.0849. The molecule has 0 amide bonds. The predicted molar refractivity (Wildman–Crippen MR) is 79.6 cm³/mol. The number of rotatable bonds is 6. The fraction of sp³-hybridized carbons (Fsp3) is 0.188. The smallest absolute Gasteiger partial charge is 0.339 e. The highest BCUT2D eigenvalue weighted by molar-refractivity contribution is 5.94. The topological polar surface area (TPSA) is 74.2 Å². The van der Waals surface area contributed by atoms with Gasteiger partial charge in [0.2, 0.25) is 11.5 Å². The lowest BCUT2D eigenvalue weighted by Crippen LogP contribution is -2.05. The van der Waals surface area contributed by atoms with Crippen molar-refractivity contribution in [2.75, 3.05) is 21.3 Å². The first kappa shape index (κ1) is 15.5. The molecule has 0 bridgehead atoms. The highest BCUT2D eigenvalue weighted by Gasteiger charge is 2.26. The lowest BCUT2D eigenvalue weighted by molar-refractivity contribution is 0.0693. The number of hydrogen-bond acceptors (Lipinski definition) is 5. The van der Waals surface area contributed by atoms with Gasteiger partial charge in [-0.05, 0) is 12.1 Å². The lowest BCUT2D eigenvalue weighted by Gasteiger charge is -2.18. The summed E-state index contributed by atoms with van der Waals surface area (Å²) < 4.78 is 21.4. The van der Waals surface area contributed by atoms with Crippen molar-refractivity contribution >= 4 is 5.97 Å². The van der Waals surface area contributed by atoms with Gasteiger partial charge >= 0.3 is 5.97 Å². The second-order valence-electron chi connectivity index (χ2n) is 4.24. The Kier molecular flexibility index (Phi) is 4.73. The van der Waals surface area contributed by atoms with E-state index in [1.807, 2.05) is 6.07 Å². The molecule has 0 aromatic heterocycles. The van der Waals surface area contributed by atoms with Gasteiger partial charge in [-0.1, -0.05) is 18.2 Å². The zero-order valence-electron chi connectivity index (χ0n) is 12.5. The van der Waals surface area contributed by atoms with E-state index < -0.39 is 5.97 Å². The van der Waals surface area contributed by atoms with E-state index in [1.165, 1.54) is 27.4 Å². The Morgan fingerprint density at radius 1 is 0.909 bits per heavy atom. The molecule has 0 aliphatic rings. The summed E-state index contributed by atoms with van der Waals surface area (Å²) in [5.74, 6) is 0.0424. The molecule has 1 N–H and O–H groups in total. The number of carboxylic acid groups (broad SMARTS) is 1. The van der Waals surface area contributed by atoms with Gasteiger partial charge in [-0.15, -0.1) is 0 Å². The second kappa shape index (κ2) is 6.71. The molecule has 0 spiro atoms. The van der Waals surface area contributed by atoms with Crippen LogP contribution in [-0.4, -0.2) is 32.4 Å². The maximum atomic E-state index is 11.5. The Morgan fingerprint density at radius 2 is 1.55 bits per heavy atom. The molecule has 22 heavy (non-hydrogen) atoms. The van der Waals surface area contributed by atoms with Gasteiger partial charge in [0.15, 0.2) is 11.5 Å². The molecule has 0 saturated carbocycles. The minimum atomic E-state index is -1.16. The minimum Gasteiger partial charge on any atom is -0.493 e. The van der Waals surface area contributed by atoms with Gasteiger partial charge in [0.1, 0.15) is 11.3 Å². The van der Waals surface area contributed by atoms with Crippen LogP contribution in [0.15, 0.2) is 36.4 Å². The molecule has 0 fully saturated rings. The average molecular weight is 304 g/mol. The number of methoxy groups -OCH3 is 3. The maximum absolute atomic E-state index is 11.5. The first-order chi connectivity index (χ1) is 10.6. The molecular weight excluding hydrogens is 288 g/mol. The van der Waals surface area contributed by atoms with Crippen LogP contribution < -0.4 is 18.9 Å². The Labute approximate surface area is 127 Å². The van der Waals surface area contributed by atoms with Crippen molar-refractivity contribution in [2.45, 2.75) is 0 Å². The summed E-state index contributed by atoms with van der Waals surface area (Å²) in [6.45, 7) is 0. The van der Waals surface area contributed by atoms with E-state index in [0.717, 1.165) is 0 Å². The summed E-state index contributed by atoms with van der Waals surface area (Å²) in [5, 5.41) is 9.42. The first-order valence-corrected chi connectivity index (χ1v) is 6.41. The molecule has 0 radical (unpaired) electrons. The first-order valence-electron chi connectivity index (χ1n) is 6.41. The molecule has 2 aromatic carbocycles. The summed E-state index contributed by atoms with van der Waals surface area (Å²) >= 11 is 0. The molecule has 0 unspecified atom stereocenters. The van der Waals surface area contributed by atoms with Crippen molar-refractivity contribution < 1.29 is 28.8 Å². The quantitative estimate of drug-likeness (QED) is 0.883. The standard InChI is InChI=1S/C16H16O6/c1-19-12-9-11(16(17)18)13(15(21-3)14(12)20-2)22-10-7-5-4-6-8-10/h4-9H,1-3H3,(H,17,18). The summed E-state index contributed by atoms with van der Waals surface area (Å²) in [6.07, 6.45) is 0. The van der Waals surface area contributed by atoms with E-state index in [9.17, 15) is 9.90 Å². The van der Waals surface area contributed by atoms with Crippen molar-refractivity contribution in [1.82, 2.24) is 0 Å². The van der Waals surface area contributed by atoms with E-state index in [4.69, 9.17) is 18.9 Å². The van der Waals surface area contributed by atoms with E-state index in [0.29, 0.717) is 5.75 Å². The average Bonchev–Trinajstić information content (AvgIpc) is 2.54. The van der Waals surface area contributed by atoms with Crippen molar-refractivity contribution in [3.8, 4) is 28.7 Å². The zero-order valence-corrected chi connectivity index (χ0v) is 12.5. The summed E-state index contributed by atoms with van der Waals surface area (Å²) in [4.78, 5) is 11.5. The minimum absolute atomic E-state index is 0.0545. The maximum Gasteiger partial charge on any atom is 0.339 e. The van der Waals surface area contributed by atoms with Crippen molar-refractivity contribution in [3.05, 3.63) is 42.0 Å². The third-order valence-corrected chi connectivity index (χ3v) is 2.98. The van der Waals surface area contributed by atoms with Crippen LogP contribution in [0.1, 0.15) is 10.4 Å². The van der Waals surface area contributed by atoms with Gasteiger partial charge in [-0.2, -0.15) is 0 Å². The van der Waals surface area contributed by atoms with Gasteiger partial charge in [0.25, 0.3) is 0 Å². The molecule has 0 atom stereocenters. The largest absolute Gasteiger partial charge is 0.493 e. The molecule has 0 aliphatic carbocycles. The van der Waals surface area contributed by atoms with Gasteiger partial charge in [0, 0.05) is 6.07 Å². The summed E-state index contributed by atoms with van der Waals surface area (Å²) in [6, 6.07) is 10.1. The van der Waals surface area contributed by atoms with E-state index in [2.05, 4.69) is 0 Å². The van der Waals surface area contributed by atoms with Crippen LogP contribution in [0, 0.1) is 0 Å². The molecule has 2 rings (SSSR count). The SMILES string of the molecule is COc1cc(C(=O)O)c(Oc2ccccc2)c(OC)c1OC. The number of benzene rings is 2. The zero-order chi connectivity index (χ0) is 16.1. The molecule has 0 saturated heterocycles. The monoisotopic (exact) mass is 304 g/mol. The van der Waals surface area contributed by atoms with E-state index in [-0.39, 0.29) is 28.6 Å². The van der Waals surface area contributed by atoms with Gasteiger partial charge in [-0.25, -0.2) is 4.79 Å². The molecular formula is C16H16O6. The molecule has 6 nitrogen and oxygen atoms in total. The molecule has 2 aromatic rings. The number of ether oxygens (including phenoxy) is 4. The van der Waals surface area contributed by atoms with E-state index >= 15 is 0 Å². The number of para-hydroxylation sites is 1. The van der Waals surface area contributed by atoms with Gasteiger partial charge in [-0.3, -0.25) is 0 Å². The Balaban J connectivity index is 2.65. The van der Waals surface area contributed by atoms with Crippen LogP contribution >= 0.6 is 0 Å². The molecule has 0 heterocycles. The van der Waals surface area contributed by atoms with Gasteiger partial charge in [0.05, 0.1) is 21.3 Å². The van der Waals surface area contributed by atoms with Gasteiger partial charge < -0.3 is 24.1 Å². The van der Waals surface area contributed by atoms with Crippen LogP contribution in [0.25, 0.3) is 0 Å². The second-order valence-corrected chi connectivity index (χ2v) is 4.24. The summed E-state index contributed by atoms with van der Waals surface area (Å²) in [7, 11) is 4.26. The van der Waals surface area contributed by atoms with Crippen molar-refractivity contribution in [1.29, 1.82) is 0 Å². The van der Waals surface area contributed by atoms with Crippen LogP contribution in [0.2, 0.25) is 0 Å². The fourth-order valence-electron chi connectivity index (χ4n) is 2.00. The lowest BCUT2D eigenvalue weighted by atomic mass is 10.1. The normalized spacial score (nSPS) is 9.95. The van der Waals surface area contributed by atoms with Crippen molar-refractivity contribution in [3.63, 3.8) is 0 Å². The van der Waals surface area contributed by atoms with Crippen LogP contribution in [0.3, 0.4) is 0 Å². The third-order valence-electron chi connectivity index (χ3n) is 2.98. The molecule has 116 valence electrons. The number of carbonyl (C=O) groups is 1.